The molecule has 2 heteroatoms. The van der Waals surface area contributed by atoms with Crippen LogP contribution in [-0.4, -0.2) is 56.5 Å². The molecule has 0 atom stereocenters. The van der Waals surface area contributed by atoms with Crippen LogP contribution in [0, 0.1) is 6.92 Å². The monoisotopic (exact) mass is 190 g/mol. The van der Waals surface area contributed by atoms with E-state index in [-0.39, 0.29) is 51.4 Å². The molecule has 1 rings (SSSR count). The maximum atomic E-state index is 9.35. The fourth-order valence-electron chi connectivity index (χ4n) is 0.986. The molecule has 0 radical (unpaired) electrons. The van der Waals surface area contributed by atoms with Crippen molar-refractivity contribution < 1.29 is 5.11 Å². The summed E-state index contributed by atoms with van der Waals surface area (Å²) in [5, 5.41) is 9.35. The molecule has 0 saturated carbocycles. The van der Waals surface area contributed by atoms with Gasteiger partial charge in [-0.2, -0.15) is 0 Å². The molecular weight excluding hydrogens is 175 g/mol. The Labute approximate surface area is 117 Å². The van der Waals surface area contributed by atoms with Crippen LogP contribution in [-0.2, 0) is 0 Å². The van der Waals surface area contributed by atoms with Crippen LogP contribution in [0.2, 0.25) is 0 Å². The minimum atomic E-state index is 0. The van der Waals surface area contributed by atoms with E-state index in [0.717, 1.165) is 5.56 Å². The molecule has 0 aromatic heterocycles. The van der Waals surface area contributed by atoms with Crippen molar-refractivity contribution in [1.29, 1.82) is 0 Å². The van der Waals surface area contributed by atoms with Gasteiger partial charge in [0.05, 0.1) is 0 Å². The summed E-state index contributed by atoms with van der Waals surface area (Å²) in [6.07, 6.45) is 0. The fraction of sp³-hybridized carbons (Fsp3) is 0.400. The molecule has 0 aliphatic rings. The summed E-state index contributed by atoms with van der Waals surface area (Å²) < 4.78 is 0. The van der Waals surface area contributed by atoms with Crippen LogP contribution < -0.4 is 0 Å². The van der Waals surface area contributed by atoms with E-state index in [1.54, 1.807) is 0 Å². The summed E-state index contributed by atoms with van der Waals surface area (Å²) in [5.74, 6) is 0.887. The number of aromatic hydroxyl groups is 1. The predicted molar refractivity (Wildman–Crippen MR) is 54.1 cm³/mol. The molecule has 0 spiro atoms. The first-order valence-corrected chi connectivity index (χ1v) is 3.91. The number of hydrogen-bond donors (Lipinski definition) is 1. The van der Waals surface area contributed by atoms with Gasteiger partial charge in [0, 0.05) is 0 Å². The van der Waals surface area contributed by atoms with Gasteiger partial charge in [-0.25, -0.2) is 0 Å². The van der Waals surface area contributed by atoms with E-state index in [9.17, 15) is 5.11 Å². The Bertz CT molecular complexity index is 256. The Balaban J connectivity index is 0.00000121. The van der Waals surface area contributed by atoms with E-state index in [1.165, 1.54) is 5.56 Å². The zero-order valence-corrected chi connectivity index (χ0v) is 7.26. The second-order valence-electron chi connectivity index (χ2n) is 3.20. The van der Waals surface area contributed by atoms with Gasteiger partial charge >= 0.3 is 51.4 Å². The number of rotatable bonds is 1. The van der Waals surface area contributed by atoms with E-state index >= 15 is 0 Å². The van der Waals surface area contributed by atoms with E-state index < -0.39 is 0 Å². The summed E-state index contributed by atoms with van der Waals surface area (Å²) in [6.45, 7) is 6.13. The first-order valence-electron chi connectivity index (χ1n) is 3.91. The number of phenols is 1. The number of hydrogen-bond acceptors (Lipinski definition) is 1. The maximum absolute atomic E-state index is 9.35. The SMILES string of the molecule is Cc1ccc(C(C)C)cc1O.[KH]. The third-order valence-electron chi connectivity index (χ3n) is 1.90. The molecule has 0 amide bonds. The molecule has 12 heavy (non-hydrogen) atoms. The molecule has 0 aliphatic heterocycles. The Morgan fingerprint density at radius 1 is 1.25 bits per heavy atom. The average molecular weight is 190 g/mol. The van der Waals surface area contributed by atoms with Crippen LogP contribution in [0.3, 0.4) is 0 Å². The van der Waals surface area contributed by atoms with Gasteiger partial charge in [0.2, 0.25) is 0 Å². The van der Waals surface area contributed by atoms with E-state index in [0.29, 0.717) is 11.7 Å². The molecule has 1 aromatic carbocycles. The summed E-state index contributed by atoms with van der Waals surface area (Å²) >= 11 is 0. The van der Waals surface area contributed by atoms with Crippen LogP contribution in [0.25, 0.3) is 0 Å². The van der Waals surface area contributed by atoms with E-state index in [4.69, 9.17) is 0 Å². The van der Waals surface area contributed by atoms with E-state index in [2.05, 4.69) is 19.9 Å². The van der Waals surface area contributed by atoms with Gasteiger partial charge < -0.3 is 5.11 Å². The predicted octanol–water partition coefficient (Wildman–Crippen LogP) is 2.18. The van der Waals surface area contributed by atoms with Crippen molar-refractivity contribution in [2.24, 2.45) is 0 Å². The molecular formula is C10H15KO. The minimum absolute atomic E-state index is 0. The van der Waals surface area contributed by atoms with Crippen molar-refractivity contribution in [2.75, 3.05) is 0 Å². The van der Waals surface area contributed by atoms with Gasteiger partial charge in [-0.05, 0) is 30.0 Å². The zero-order valence-electron chi connectivity index (χ0n) is 7.26. The molecule has 0 bridgehead atoms. The van der Waals surface area contributed by atoms with Crippen molar-refractivity contribution in [2.45, 2.75) is 26.7 Å². The van der Waals surface area contributed by atoms with Crippen LogP contribution in [0.4, 0.5) is 0 Å². The summed E-state index contributed by atoms with van der Waals surface area (Å²) in [7, 11) is 0. The standard InChI is InChI=1S/C10H14O.K.H/c1-7(2)9-5-4-8(3)10(11)6-9;;/h4-7,11H,1-3H3;;. The van der Waals surface area contributed by atoms with Crippen molar-refractivity contribution in [3.8, 4) is 5.75 Å². The molecule has 1 N–H and O–H groups in total. The average Bonchev–Trinajstić information content (AvgIpc) is 1.94. The second kappa shape index (κ2) is 5.40. The Hall–Kier alpha value is 0.656. The molecule has 0 saturated heterocycles. The van der Waals surface area contributed by atoms with Gasteiger partial charge in [0.1, 0.15) is 5.75 Å². The zero-order chi connectivity index (χ0) is 8.43. The van der Waals surface area contributed by atoms with Crippen molar-refractivity contribution >= 4 is 51.4 Å². The first kappa shape index (κ1) is 12.7. The van der Waals surface area contributed by atoms with Crippen molar-refractivity contribution in [3.05, 3.63) is 29.3 Å². The molecule has 62 valence electrons. The Morgan fingerprint density at radius 2 is 1.83 bits per heavy atom. The third-order valence-corrected chi connectivity index (χ3v) is 1.90. The number of phenolic OH excluding ortho intramolecular Hbond substituents is 1. The van der Waals surface area contributed by atoms with Crippen molar-refractivity contribution in [3.63, 3.8) is 0 Å². The Kier molecular flexibility index (Phi) is 5.70. The number of benzene rings is 1. The summed E-state index contributed by atoms with van der Waals surface area (Å²) in [5.41, 5.74) is 2.13. The van der Waals surface area contributed by atoms with Gasteiger partial charge in [0.15, 0.2) is 0 Å². The molecule has 1 aromatic rings. The fourth-order valence-corrected chi connectivity index (χ4v) is 0.986. The Morgan fingerprint density at radius 3 is 2.25 bits per heavy atom. The van der Waals surface area contributed by atoms with Crippen molar-refractivity contribution in [1.82, 2.24) is 0 Å². The summed E-state index contributed by atoms with van der Waals surface area (Å²) in [4.78, 5) is 0. The van der Waals surface area contributed by atoms with Gasteiger partial charge in [-0.1, -0.05) is 26.0 Å². The molecule has 0 fully saturated rings. The normalized spacial score (nSPS) is 9.67. The van der Waals surface area contributed by atoms with Gasteiger partial charge in [0.25, 0.3) is 0 Å². The van der Waals surface area contributed by atoms with E-state index in [1.807, 2.05) is 19.1 Å². The molecule has 1 nitrogen and oxygen atoms in total. The topological polar surface area (TPSA) is 20.2 Å². The van der Waals surface area contributed by atoms with Crippen LogP contribution in [0.5, 0.6) is 5.75 Å². The van der Waals surface area contributed by atoms with Crippen LogP contribution >= 0.6 is 0 Å². The summed E-state index contributed by atoms with van der Waals surface area (Å²) in [6, 6.07) is 5.84. The first-order chi connectivity index (χ1) is 5.11. The quantitative estimate of drug-likeness (QED) is 0.673. The molecule has 0 unspecified atom stereocenters. The molecule has 0 heterocycles. The third kappa shape index (κ3) is 3.19. The van der Waals surface area contributed by atoms with Crippen LogP contribution in [0.1, 0.15) is 30.9 Å². The van der Waals surface area contributed by atoms with Gasteiger partial charge in [-0.3, -0.25) is 0 Å². The van der Waals surface area contributed by atoms with Gasteiger partial charge in [-0.15, -0.1) is 0 Å². The second-order valence-corrected chi connectivity index (χ2v) is 3.20. The van der Waals surface area contributed by atoms with Crippen LogP contribution in [0.15, 0.2) is 18.2 Å². The number of aryl methyl sites for hydroxylation is 1. The molecule has 0 aliphatic carbocycles.